The Labute approximate surface area is 112 Å². The Morgan fingerprint density at radius 3 is 3.17 bits per heavy atom. The summed E-state index contributed by atoms with van der Waals surface area (Å²) in [6, 6.07) is 9.23. The van der Waals surface area contributed by atoms with Gasteiger partial charge in [-0.25, -0.2) is 4.31 Å². The maximum atomic E-state index is 4.14. The van der Waals surface area contributed by atoms with Gasteiger partial charge in [-0.3, -0.25) is 4.98 Å². The summed E-state index contributed by atoms with van der Waals surface area (Å²) in [5.74, 6) is 0. The molecule has 0 amide bonds. The van der Waals surface area contributed by atoms with Gasteiger partial charge in [-0.05, 0) is 42.5 Å². The van der Waals surface area contributed by atoms with Crippen molar-refractivity contribution in [3.63, 3.8) is 0 Å². The van der Waals surface area contributed by atoms with E-state index in [1.807, 2.05) is 24.3 Å². The van der Waals surface area contributed by atoms with E-state index in [0.717, 1.165) is 19.6 Å². The van der Waals surface area contributed by atoms with Crippen LogP contribution in [0.1, 0.15) is 6.92 Å². The van der Waals surface area contributed by atoms with Crippen LogP contribution in [0, 0.1) is 0 Å². The highest BCUT2D eigenvalue weighted by Gasteiger charge is 2.18. The summed E-state index contributed by atoms with van der Waals surface area (Å²) in [7, 11) is 0. The van der Waals surface area contributed by atoms with Crippen LogP contribution in [0.2, 0.25) is 0 Å². The van der Waals surface area contributed by atoms with Gasteiger partial charge in [0.1, 0.15) is 0 Å². The first-order valence-electron chi connectivity index (χ1n) is 6.32. The third-order valence-corrected chi connectivity index (χ3v) is 4.52. The number of benzene rings is 1. The van der Waals surface area contributed by atoms with Crippen LogP contribution in [0.25, 0.3) is 10.8 Å². The quantitative estimate of drug-likeness (QED) is 0.839. The van der Waals surface area contributed by atoms with Gasteiger partial charge in [-0.1, -0.05) is 6.07 Å². The molecule has 1 aromatic heterocycles. The first-order chi connectivity index (χ1) is 8.83. The zero-order chi connectivity index (χ0) is 12.4. The summed E-state index contributed by atoms with van der Waals surface area (Å²) >= 11 is 1.86. The van der Waals surface area contributed by atoms with Gasteiger partial charge < -0.3 is 5.32 Å². The second kappa shape index (κ2) is 5.26. The Hall–Kier alpha value is -1.10. The third kappa shape index (κ3) is 2.51. The molecule has 0 spiro atoms. The zero-order valence-electron chi connectivity index (χ0n) is 10.5. The topological polar surface area (TPSA) is 28.2 Å². The highest BCUT2D eigenvalue weighted by atomic mass is 32.2. The van der Waals surface area contributed by atoms with Crippen molar-refractivity contribution < 1.29 is 0 Å². The molecule has 1 N–H and O–H groups in total. The largest absolute Gasteiger partial charge is 0.314 e. The number of hydrogen-bond donors (Lipinski definition) is 1. The minimum Gasteiger partial charge on any atom is -0.314 e. The maximum absolute atomic E-state index is 4.14. The van der Waals surface area contributed by atoms with Crippen molar-refractivity contribution in [2.24, 2.45) is 0 Å². The van der Waals surface area contributed by atoms with Crippen LogP contribution in [-0.2, 0) is 0 Å². The number of nitrogens with one attached hydrogen (secondary N) is 1. The summed E-state index contributed by atoms with van der Waals surface area (Å²) in [5.41, 5.74) is 0. The lowest BCUT2D eigenvalue weighted by Gasteiger charge is -2.32. The smallest absolute Gasteiger partial charge is 0.0346 e. The van der Waals surface area contributed by atoms with E-state index in [1.165, 1.54) is 15.7 Å². The van der Waals surface area contributed by atoms with Crippen LogP contribution in [0.15, 0.2) is 41.6 Å². The van der Waals surface area contributed by atoms with E-state index in [4.69, 9.17) is 0 Å². The zero-order valence-corrected chi connectivity index (χ0v) is 11.3. The minimum absolute atomic E-state index is 0.580. The van der Waals surface area contributed by atoms with Crippen molar-refractivity contribution in [3.8, 4) is 0 Å². The molecule has 0 saturated carbocycles. The number of piperazine rings is 1. The Kier molecular flexibility index (Phi) is 3.50. The fourth-order valence-corrected chi connectivity index (χ4v) is 3.23. The van der Waals surface area contributed by atoms with Crippen LogP contribution in [-0.4, -0.2) is 35.0 Å². The van der Waals surface area contributed by atoms with E-state index in [-0.39, 0.29) is 0 Å². The maximum Gasteiger partial charge on any atom is 0.0346 e. The highest BCUT2D eigenvalue weighted by molar-refractivity contribution is 7.97. The Morgan fingerprint density at radius 1 is 1.33 bits per heavy atom. The molecule has 1 aromatic carbocycles. The Morgan fingerprint density at radius 2 is 2.28 bits per heavy atom. The van der Waals surface area contributed by atoms with Crippen molar-refractivity contribution >= 4 is 22.7 Å². The van der Waals surface area contributed by atoms with Gasteiger partial charge in [0.15, 0.2) is 0 Å². The van der Waals surface area contributed by atoms with Gasteiger partial charge in [-0.2, -0.15) is 0 Å². The molecule has 1 fully saturated rings. The summed E-state index contributed by atoms with van der Waals surface area (Å²) in [6.07, 6.45) is 3.77. The van der Waals surface area contributed by atoms with Gasteiger partial charge in [-0.15, -0.1) is 0 Å². The molecule has 4 heteroatoms. The molecule has 0 aliphatic carbocycles. The molecule has 1 aliphatic heterocycles. The van der Waals surface area contributed by atoms with Gasteiger partial charge in [0.25, 0.3) is 0 Å². The predicted octanol–water partition coefficient (Wildman–Crippen LogP) is 2.54. The van der Waals surface area contributed by atoms with Crippen LogP contribution in [0.4, 0.5) is 0 Å². The van der Waals surface area contributed by atoms with E-state index in [1.54, 1.807) is 0 Å². The third-order valence-electron chi connectivity index (χ3n) is 3.28. The predicted molar refractivity (Wildman–Crippen MR) is 76.6 cm³/mol. The molecule has 18 heavy (non-hydrogen) atoms. The SMILES string of the molecule is C[C@H]1CNCCN1Sc1ccc2cnccc2c1. The molecule has 1 saturated heterocycles. The van der Waals surface area contributed by atoms with Crippen molar-refractivity contribution in [2.45, 2.75) is 17.9 Å². The van der Waals surface area contributed by atoms with Gasteiger partial charge in [0.05, 0.1) is 0 Å². The van der Waals surface area contributed by atoms with Crippen molar-refractivity contribution in [3.05, 3.63) is 36.7 Å². The number of aromatic nitrogens is 1. The summed E-state index contributed by atoms with van der Waals surface area (Å²) < 4.78 is 2.46. The molecule has 3 nitrogen and oxygen atoms in total. The van der Waals surface area contributed by atoms with Crippen molar-refractivity contribution in [2.75, 3.05) is 19.6 Å². The van der Waals surface area contributed by atoms with Crippen molar-refractivity contribution in [1.82, 2.24) is 14.6 Å². The lowest BCUT2D eigenvalue weighted by atomic mass is 10.2. The van der Waals surface area contributed by atoms with E-state index < -0.39 is 0 Å². The van der Waals surface area contributed by atoms with E-state index in [9.17, 15) is 0 Å². The van der Waals surface area contributed by atoms with Crippen LogP contribution < -0.4 is 5.32 Å². The molecule has 1 atom stereocenters. The van der Waals surface area contributed by atoms with Crippen LogP contribution in [0.3, 0.4) is 0 Å². The minimum atomic E-state index is 0.580. The second-order valence-corrected chi connectivity index (χ2v) is 5.79. The molecule has 0 unspecified atom stereocenters. The summed E-state index contributed by atoms with van der Waals surface area (Å²) in [6.45, 7) is 5.52. The molecule has 0 radical (unpaired) electrons. The summed E-state index contributed by atoms with van der Waals surface area (Å²) in [5, 5.41) is 5.88. The monoisotopic (exact) mass is 259 g/mol. The van der Waals surface area contributed by atoms with E-state index >= 15 is 0 Å². The van der Waals surface area contributed by atoms with Gasteiger partial charge >= 0.3 is 0 Å². The fraction of sp³-hybridized carbons (Fsp3) is 0.357. The number of fused-ring (bicyclic) bond motifs is 1. The van der Waals surface area contributed by atoms with Gasteiger partial charge in [0, 0.05) is 48.4 Å². The van der Waals surface area contributed by atoms with Crippen LogP contribution >= 0.6 is 11.9 Å². The molecular weight excluding hydrogens is 242 g/mol. The molecule has 3 rings (SSSR count). The first-order valence-corrected chi connectivity index (χ1v) is 7.09. The van der Waals surface area contributed by atoms with E-state index in [2.05, 4.69) is 45.8 Å². The van der Waals surface area contributed by atoms with Crippen LogP contribution in [0.5, 0.6) is 0 Å². The Balaban J connectivity index is 1.81. The molecule has 94 valence electrons. The summed E-state index contributed by atoms with van der Waals surface area (Å²) in [4.78, 5) is 5.45. The molecular formula is C14H17N3S. The number of rotatable bonds is 2. The Bertz CT molecular complexity index is 543. The van der Waals surface area contributed by atoms with Gasteiger partial charge in [0.2, 0.25) is 0 Å². The average Bonchev–Trinajstić information content (AvgIpc) is 2.41. The number of nitrogens with zero attached hydrogens (tertiary/aromatic N) is 2. The average molecular weight is 259 g/mol. The fourth-order valence-electron chi connectivity index (χ4n) is 2.21. The first kappa shape index (κ1) is 12.0. The number of hydrogen-bond acceptors (Lipinski definition) is 4. The molecule has 1 aliphatic rings. The normalized spacial score (nSPS) is 21.3. The van der Waals surface area contributed by atoms with Crippen molar-refractivity contribution in [1.29, 1.82) is 0 Å². The lowest BCUT2D eigenvalue weighted by Crippen LogP contribution is -2.46. The molecule has 0 bridgehead atoms. The highest BCUT2D eigenvalue weighted by Crippen LogP contribution is 2.28. The van der Waals surface area contributed by atoms with E-state index in [0.29, 0.717) is 6.04 Å². The lowest BCUT2D eigenvalue weighted by molar-refractivity contribution is 0.309. The second-order valence-electron chi connectivity index (χ2n) is 4.67. The molecule has 2 aromatic rings. The standard InChI is InChI=1S/C14H17N3S/c1-11-9-16-6-7-17(11)18-14-3-2-13-10-15-5-4-12(13)8-14/h2-5,8,10-11,16H,6-7,9H2,1H3/t11-/m0/s1. The molecule has 2 heterocycles. The number of pyridine rings is 1.